The highest BCUT2D eigenvalue weighted by Gasteiger charge is 2.17. The van der Waals surface area contributed by atoms with E-state index in [4.69, 9.17) is 16.0 Å². The number of fused-ring (bicyclic) bond motifs is 1. The lowest BCUT2D eigenvalue weighted by Gasteiger charge is -2.13. The van der Waals surface area contributed by atoms with Crippen molar-refractivity contribution in [1.82, 2.24) is 14.8 Å². The molecule has 0 bridgehead atoms. The number of amides is 1. The second-order valence-corrected chi connectivity index (χ2v) is 8.62. The third-order valence-electron chi connectivity index (χ3n) is 4.72. The van der Waals surface area contributed by atoms with Gasteiger partial charge in [-0.1, -0.05) is 55.4 Å². The molecule has 0 aliphatic rings. The molecule has 0 saturated heterocycles. The van der Waals surface area contributed by atoms with E-state index in [1.807, 2.05) is 54.1 Å². The molecular weight excluding hydrogens is 420 g/mol. The highest BCUT2D eigenvalue weighted by molar-refractivity contribution is 7.99. The standard InChI is InChI=1S/C22H21ClN4O2S/c1-13(2)16-6-4-5-7-17(16)24-20(28)12-30-22-26-25-21(27(22)3)19-11-14-10-15(23)8-9-18(14)29-19/h4-11,13H,12H2,1-3H3,(H,24,28). The van der Waals surface area contributed by atoms with E-state index >= 15 is 0 Å². The summed E-state index contributed by atoms with van der Waals surface area (Å²) in [7, 11) is 1.85. The minimum atomic E-state index is -0.0870. The number of nitrogens with zero attached hydrogens (tertiary/aromatic N) is 3. The average molecular weight is 441 g/mol. The number of hydrogen-bond acceptors (Lipinski definition) is 5. The first kappa shape index (κ1) is 20.5. The maximum atomic E-state index is 12.5. The summed E-state index contributed by atoms with van der Waals surface area (Å²) in [6, 6.07) is 15.2. The van der Waals surface area contributed by atoms with Crippen LogP contribution in [-0.4, -0.2) is 26.4 Å². The Labute approximate surface area is 183 Å². The van der Waals surface area contributed by atoms with E-state index in [1.54, 1.807) is 6.07 Å². The van der Waals surface area contributed by atoms with Gasteiger partial charge in [0.1, 0.15) is 5.58 Å². The summed E-state index contributed by atoms with van der Waals surface area (Å²) in [5.74, 6) is 1.67. The molecule has 0 spiro atoms. The Kier molecular flexibility index (Phi) is 5.83. The van der Waals surface area contributed by atoms with Crippen LogP contribution in [0.15, 0.2) is 58.1 Å². The summed E-state index contributed by atoms with van der Waals surface area (Å²) >= 11 is 7.38. The van der Waals surface area contributed by atoms with E-state index < -0.39 is 0 Å². The van der Waals surface area contributed by atoms with Gasteiger partial charge < -0.3 is 14.3 Å². The number of rotatable bonds is 6. The third kappa shape index (κ3) is 4.22. The van der Waals surface area contributed by atoms with Crippen LogP contribution in [0.2, 0.25) is 5.02 Å². The number of para-hydroxylation sites is 1. The summed E-state index contributed by atoms with van der Waals surface area (Å²) in [4.78, 5) is 12.5. The molecular formula is C22H21ClN4O2S. The molecule has 1 amide bonds. The molecule has 6 nitrogen and oxygen atoms in total. The maximum absolute atomic E-state index is 12.5. The van der Waals surface area contributed by atoms with Gasteiger partial charge in [0, 0.05) is 23.1 Å². The predicted molar refractivity (Wildman–Crippen MR) is 121 cm³/mol. The minimum Gasteiger partial charge on any atom is -0.453 e. The number of hydrogen-bond donors (Lipinski definition) is 1. The molecule has 0 saturated carbocycles. The summed E-state index contributed by atoms with van der Waals surface area (Å²) in [6.07, 6.45) is 0. The van der Waals surface area contributed by atoms with E-state index in [0.29, 0.717) is 27.7 Å². The van der Waals surface area contributed by atoms with Gasteiger partial charge in [0.15, 0.2) is 16.7 Å². The number of furan rings is 1. The van der Waals surface area contributed by atoms with Crippen LogP contribution in [0.25, 0.3) is 22.6 Å². The van der Waals surface area contributed by atoms with Crippen molar-refractivity contribution in [2.24, 2.45) is 7.05 Å². The SMILES string of the molecule is CC(C)c1ccccc1NC(=O)CSc1nnc(-c2cc3cc(Cl)ccc3o2)n1C. The van der Waals surface area contributed by atoms with Gasteiger partial charge in [0.2, 0.25) is 5.91 Å². The van der Waals surface area contributed by atoms with E-state index in [-0.39, 0.29) is 11.7 Å². The van der Waals surface area contributed by atoms with Gasteiger partial charge >= 0.3 is 0 Å². The smallest absolute Gasteiger partial charge is 0.234 e. The van der Waals surface area contributed by atoms with Gasteiger partial charge in [-0.3, -0.25) is 4.79 Å². The lowest BCUT2D eigenvalue weighted by molar-refractivity contribution is -0.113. The molecule has 2 aromatic carbocycles. The molecule has 2 aromatic heterocycles. The Hall–Kier alpha value is -2.77. The number of carbonyl (C=O) groups is 1. The zero-order valence-electron chi connectivity index (χ0n) is 16.8. The number of benzene rings is 2. The number of nitrogens with one attached hydrogen (secondary N) is 1. The summed E-state index contributed by atoms with van der Waals surface area (Å²) in [5.41, 5.74) is 2.69. The molecule has 0 unspecified atom stereocenters. The van der Waals surface area contributed by atoms with E-state index in [9.17, 15) is 4.79 Å². The fourth-order valence-electron chi connectivity index (χ4n) is 3.21. The van der Waals surface area contributed by atoms with Gasteiger partial charge in [0.05, 0.1) is 5.75 Å². The van der Waals surface area contributed by atoms with E-state index in [2.05, 4.69) is 29.4 Å². The quantitative estimate of drug-likeness (QED) is 0.387. The molecule has 0 fully saturated rings. The van der Waals surface area contributed by atoms with Crippen LogP contribution in [0.3, 0.4) is 0 Å². The van der Waals surface area contributed by atoms with Crippen LogP contribution in [-0.2, 0) is 11.8 Å². The van der Waals surface area contributed by atoms with Crippen molar-refractivity contribution in [2.45, 2.75) is 24.9 Å². The Morgan fingerprint density at radius 3 is 2.80 bits per heavy atom. The highest BCUT2D eigenvalue weighted by atomic mass is 35.5. The number of thioether (sulfide) groups is 1. The average Bonchev–Trinajstić information content (AvgIpc) is 3.29. The van der Waals surface area contributed by atoms with Crippen molar-refractivity contribution in [2.75, 3.05) is 11.1 Å². The highest BCUT2D eigenvalue weighted by Crippen LogP contribution is 2.30. The van der Waals surface area contributed by atoms with Gasteiger partial charge in [-0.25, -0.2) is 0 Å². The molecule has 4 aromatic rings. The minimum absolute atomic E-state index is 0.0870. The second kappa shape index (κ2) is 8.53. The van der Waals surface area contributed by atoms with Crippen molar-refractivity contribution in [3.8, 4) is 11.6 Å². The molecule has 0 aliphatic heterocycles. The van der Waals surface area contributed by atoms with Crippen LogP contribution in [0.4, 0.5) is 5.69 Å². The van der Waals surface area contributed by atoms with Crippen molar-refractivity contribution in [3.05, 3.63) is 59.1 Å². The first-order valence-corrected chi connectivity index (χ1v) is 10.9. The molecule has 4 rings (SSSR count). The Morgan fingerprint density at radius 1 is 1.20 bits per heavy atom. The largest absolute Gasteiger partial charge is 0.453 e. The van der Waals surface area contributed by atoms with E-state index in [1.165, 1.54) is 11.8 Å². The maximum Gasteiger partial charge on any atom is 0.234 e. The molecule has 1 N–H and O–H groups in total. The van der Waals surface area contributed by atoms with Crippen molar-refractivity contribution < 1.29 is 9.21 Å². The number of halogens is 1. The lowest BCUT2D eigenvalue weighted by atomic mass is 10.0. The monoisotopic (exact) mass is 440 g/mol. The summed E-state index contributed by atoms with van der Waals surface area (Å²) in [5, 5.41) is 13.6. The van der Waals surface area contributed by atoms with Crippen molar-refractivity contribution >= 4 is 45.9 Å². The molecule has 154 valence electrons. The Balaban J connectivity index is 1.46. The van der Waals surface area contributed by atoms with Crippen LogP contribution in [0.1, 0.15) is 25.3 Å². The molecule has 8 heteroatoms. The molecule has 0 atom stereocenters. The molecule has 2 heterocycles. The normalized spacial score (nSPS) is 11.4. The number of carbonyl (C=O) groups excluding carboxylic acids is 1. The first-order valence-electron chi connectivity index (χ1n) is 9.53. The fraction of sp³-hybridized carbons (Fsp3) is 0.227. The Morgan fingerprint density at radius 2 is 2.00 bits per heavy atom. The second-order valence-electron chi connectivity index (χ2n) is 7.24. The van der Waals surface area contributed by atoms with E-state index in [0.717, 1.165) is 22.2 Å². The lowest BCUT2D eigenvalue weighted by Crippen LogP contribution is -2.16. The fourth-order valence-corrected chi connectivity index (χ4v) is 4.10. The van der Waals surface area contributed by atoms with Crippen LogP contribution >= 0.6 is 23.4 Å². The summed E-state index contributed by atoms with van der Waals surface area (Å²) < 4.78 is 7.69. The van der Waals surface area contributed by atoms with Crippen molar-refractivity contribution in [3.63, 3.8) is 0 Å². The van der Waals surface area contributed by atoms with Crippen LogP contribution < -0.4 is 5.32 Å². The molecule has 30 heavy (non-hydrogen) atoms. The zero-order chi connectivity index (χ0) is 21.3. The van der Waals surface area contributed by atoms with Crippen LogP contribution in [0.5, 0.6) is 0 Å². The van der Waals surface area contributed by atoms with Crippen LogP contribution in [0, 0.1) is 0 Å². The first-order chi connectivity index (χ1) is 14.4. The third-order valence-corrected chi connectivity index (χ3v) is 5.98. The topological polar surface area (TPSA) is 73.0 Å². The predicted octanol–water partition coefficient (Wildman–Crippen LogP) is 5.74. The zero-order valence-corrected chi connectivity index (χ0v) is 18.4. The van der Waals surface area contributed by atoms with Gasteiger partial charge in [-0.05, 0) is 41.8 Å². The number of anilines is 1. The van der Waals surface area contributed by atoms with Gasteiger partial charge in [-0.15, -0.1) is 10.2 Å². The molecule has 0 radical (unpaired) electrons. The van der Waals surface area contributed by atoms with Crippen molar-refractivity contribution in [1.29, 1.82) is 0 Å². The van der Waals surface area contributed by atoms with Gasteiger partial charge in [0.25, 0.3) is 0 Å². The van der Waals surface area contributed by atoms with Gasteiger partial charge in [-0.2, -0.15) is 0 Å². The summed E-state index contributed by atoms with van der Waals surface area (Å²) in [6.45, 7) is 4.21. The Bertz CT molecular complexity index is 1220. The number of aromatic nitrogens is 3. The molecule has 0 aliphatic carbocycles.